The first kappa shape index (κ1) is 26.4. The first-order valence-electron chi connectivity index (χ1n) is 14.6. The summed E-state index contributed by atoms with van der Waals surface area (Å²) in [5.74, 6) is 0.469. The highest BCUT2D eigenvalue weighted by atomic mass is 16.5. The third-order valence-electron chi connectivity index (χ3n) is 8.67. The molecule has 0 aliphatic carbocycles. The fourth-order valence-electron chi connectivity index (χ4n) is 6.61. The van der Waals surface area contributed by atoms with Gasteiger partial charge in [0.1, 0.15) is 12.3 Å². The average Bonchev–Trinajstić information content (AvgIpc) is 3.06. The second-order valence-electron chi connectivity index (χ2n) is 11.2. The molecule has 2 atom stereocenters. The highest BCUT2D eigenvalue weighted by Gasteiger charge is 2.47. The number of nitrogens with zero attached hydrogens (tertiary/aromatic N) is 2. The molecular weight excluding hydrogens is 516 g/mol. The van der Waals surface area contributed by atoms with E-state index >= 15 is 0 Å². The fraction of sp³-hybridized carbons (Fsp3) is 0.184. The Bertz CT molecular complexity index is 1840. The lowest BCUT2D eigenvalue weighted by Gasteiger charge is -2.47. The SMILES string of the molecule is COc1nc2ccc(-c3ccccc3)cc2cc1[C@@H](c1ccccc1)[C@@]1(c2cccc3ccccc23)CCN(C)CO1. The molecule has 1 aliphatic heterocycles. The fourth-order valence-corrected chi connectivity index (χ4v) is 6.61. The minimum atomic E-state index is -0.644. The van der Waals surface area contributed by atoms with Crippen molar-refractivity contribution in [1.29, 1.82) is 0 Å². The number of ether oxygens (including phenoxy) is 2. The smallest absolute Gasteiger partial charge is 0.217 e. The molecule has 0 bridgehead atoms. The van der Waals surface area contributed by atoms with Crippen molar-refractivity contribution < 1.29 is 9.47 Å². The van der Waals surface area contributed by atoms with Gasteiger partial charge in [-0.25, -0.2) is 4.98 Å². The molecule has 42 heavy (non-hydrogen) atoms. The summed E-state index contributed by atoms with van der Waals surface area (Å²) in [6, 6.07) is 45.2. The van der Waals surface area contributed by atoms with Crippen LogP contribution in [0.1, 0.15) is 29.0 Å². The number of aromatic nitrogens is 1. The molecule has 5 aromatic carbocycles. The number of hydrogen-bond donors (Lipinski definition) is 0. The van der Waals surface area contributed by atoms with Crippen molar-refractivity contribution in [3.05, 3.63) is 144 Å². The molecule has 1 saturated heterocycles. The van der Waals surface area contributed by atoms with E-state index in [1.807, 2.05) is 6.07 Å². The van der Waals surface area contributed by atoms with E-state index in [1.165, 1.54) is 27.5 Å². The van der Waals surface area contributed by atoms with Gasteiger partial charge in [0.25, 0.3) is 0 Å². The second-order valence-corrected chi connectivity index (χ2v) is 11.2. The summed E-state index contributed by atoms with van der Waals surface area (Å²) in [4.78, 5) is 7.33. The molecule has 208 valence electrons. The van der Waals surface area contributed by atoms with Gasteiger partial charge in [0.2, 0.25) is 5.88 Å². The number of pyridine rings is 1. The van der Waals surface area contributed by atoms with E-state index in [9.17, 15) is 0 Å². The van der Waals surface area contributed by atoms with E-state index in [2.05, 4.69) is 133 Å². The zero-order chi connectivity index (χ0) is 28.5. The van der Waals surface area contributed by atoms with Crippen LogP contribution in [0.15, 0.2) is 127 Å². The lowest BCUT2D eigenvalue weighted by atomic mass is 9.70. The molecule has 0 saturated carbocycles. The summed E-state index contributed by atoms with van der Waals surface area (Å²) < 4.78 is 13.2. The van der Waals surface area contributed by atoms with Crippen LogP contribution in [-0.4, -0.2) is 37.3 Å². The van der Waals surface area contributed by atoms with Gasteiger partial charge in [0.15, 0.2) is 0 Å². The summed E-state index contributed by atoms with van der Waals surface area (Å²) in [7, 11) is 3.84. The number of methoxy groups -OCH3 is 1. The molecule has 2 heterocycles. The van der Waals surface area contributed by atoms with Crippen molar-refractivity contribution in [3.63, 3.8) is 0 Å². The molecule has 4 nitrogen and oxygen atoms in total. The van der Waals surface area contributed by atoms with Crippen LogP contribution >= 0.6 is 0 Å². The van der Waals surface area contributed by atoms with Crippen LogP contribution in [-0.2, 0) is 10.3 Å². The molecule has 4 heteroatoms. The summed E-state index contributed by atoms with van der Waals surface area (Å²) in [5.41, 5.74) is 6.01. The Morgan fingerprint density at radius 3 is 2.26 bits per heavy atom. The highest BCUT2D eigenvalue weighted by Crippen LogP contribution is 2.52. The van der Waals surface area contributed by atoms with E-state index in [1.54, 1.807) is 7.11 Å². The molecule has 1 fully saturated rings. The number of hydrogen-bond acceptors (Lipinski definition) is 4. The second kappa shape index (κ2) is 11.1. The lowest BCUT2D eigenvalue weighted by Crippen LogP contribution is -2.47. The molecule has 6 aromatic rings. The van der Waals surface area contributed by atoms with Crippen LogP contribution in [0.4, 0.5) is 0 Å². The summed E-state index contributed by atoms with van der Waals surface area (Å²) in [5, 5.41) is 3.50. The van der Waals surface area contributed by atoms with Gasteiger partial charge >= 0.3 is 0 Å². The van der Waals surface area contributed by atoms with Gasteiger partial charge in [-0.05, 0) is 64.7 Å². The first-order valence-corrected chi connectivity index (χ1v) is 14.6. The zero-order valence-electron chi connectivity index (χ0n) is 24.0. The molecule has 1 aliphatic rings. The maximum absolute atomic E-state index is 7.09. The first-order chi connectivity index (χ1) is 20.7. The lowest BCUT2D eigenvalue weighted by molar-refractivity contribution is -0.145. The van der Waals surface area contributed by atoms with Gasteiger partial charge in [-0.1, -0.05) is 109 Å². The van der Waals surface area contributed by atoms with Gasteiger partial charge in [0.05, 0.1) is 12.6 Å². The van der Waals surface area contributed by atoms with Crippen LogP contribution in [0.3, 0.4) is 0 Å². The third kappa shape index (κ3) is 4.63. The third-order valence-corrected chi connectivity index (χ3v) is 8.67. The Morgan fingerprint density at radius 2 is 1.50 bits per heavy atom. The van der Waals surface area contributed by atoms with Crippen molar-refractivity contribution in [2.45, 2.75) is 17.9 Å². The van der Waals surface area contributed by atoms with Gasteiger partial charge < -0.3 is 9.47 Å². The maximum atomic E-state index is 7.09. The molecule has 1 aromatic heterocycles. The van der Waals surface area contributed by atoms with E-state index < -0.39 is 5.60 Å². The van der Waals surface area contributed by atoms with Gasteiger partial charge in [-0.15, -0.1) is 0 Å². The number of benzene rings is 5. The van der Waals surface area contributed by atoms with Gasteiger partial charge in [-0.2, -0.15) is 0 Å². The van der Waals surface area contributed by atoms with Gasteiger partial charge in [-0.3, -0.25) is 4.90 Å². The largest absolute Gasteiger partial charge is 0.481 e. The summed E-state index contributed by atoms with van der Waals surface area (Å²) in [6.45, 7) is 1.45. The van der Waals surface area contributed by atoms with Crippen molar-refractivity contribution in [2.24, 2.45) is 0 Å². The molecule has 0 N–H and O–H groups in total. The van der Waals surface area contributed by atoms with Crippen molar-refractivity contribution >= 4 is 21.7 Å². The number of rotatable bonds is 6. The maximum Gasteiger partial charge on any atom is 0.217 e. The predicted molar refractivity (Wildman–Crippen MR) is 171 cm³/mol. The highest BCUT2D eigenvalue weighted by molar-refractivity contribution is 5.88. The normalized spacial score (nSPS) is 18.2. The van der Waals surface area contributed by atoms with E-state index in [4.69, 9.17) is 14.5 Å². The Morgan fingerprint density at radius 1 is 0.762 bits per heavy atom. The predicted octanol–water partition coefficient (Wildman–Crippen LogP) is 8.40. The quantitative estimate of drug-likeness (QED) is 0.209. The van der Waals surface area contributed by atoms with Crippen LogP contribution in [0.5, 0.6) is 5.88 Å². The van der Waals surface area contributed by atoms with E-state index in [0.29, 0.717) is 12.6 Å². The summed E-state index contributed by atoms with van der Waals surface area (Å²) >= 11 is 0. The monoisotopic (exact) mass is 550 g/mol. The van der Waals surface area contributed by atoms with Crippen molar-refractivity contribution in [3.8, 4) is 17.0 Å². The van der Waals surface area contributed by atoms with Crippen molar-refractivity contribution in [1.82, 2.24) is 9.88 Å². The van der Waals surface area contributed by atoms with Crippen LogP contribution in [0, 0.1) is 0 Å². The standard InChI is InChI=1S/C38H34N2O2/c1-40-23-22-38(42-26-40,34-19-11-17-28-14-9-10-18-32(28)34)36(29-15-7-4-8-16-29)33-25-31-24-30(27-12-5-3-6-13-27)20-21-35(31)39-37(33)41-2/h3-21,24-25,36H,22-23,26H2,1-2H3/t36-,38+/m1/s1. The molecule has 0 spiro atoms. The molecular formula is C38H34N2O2. The van der Waals surface area contributed by atoms with Crippen LogP contribution in [0.25, 0.3) is 32.8 Å². The molecule has 0 radical (unpaired) electrons. The van der Waals surface area contributed by atoms with Gasteiger partial charge in [0, 0.05) is 23.4 Å². The average molecular weight is 551 g/mol. The Balaban J connectivity index is 1.51. The molecule has 0 unspecified atom stereocenters. The van der Waals surface area contributed by atoms with Crippen molar-refractivity contribution in [2.75, 3.05) is 27.4 Å². The Hall–Kier alpha value is -4.51. The molecule has 0 amide bonds. The minimum absolute atomic E-state index is 0.162. The van der Waals surface area contributed by atoms with Crippen LogP contribution in [0.2, 0.25) is 0 Å². The summed E-state index contributed by atoms with van der Waals surface area (Å²) in [6.07, 6.45) is 0.822. The Labute approximate surface area is 247 Å². The zero-order valence-corrected chi connectivity index (χ0v) is 24.0. The minimum Gasteiger partial charge on any atom is -0.481 e. The van der Waals surface area contributed by atoms with Crippen LogP contribution < -0.4 is 4.74 Å². The molecule has 7 rings (SSSR count). The topological polar surface area (TPSA) is 34.6 Å². The number of fused-ring (bicyclic) bond motifs is 2. The Kier molecular flexibility index (Phi) is 6.94. The van der Waals surface area contributed by atoms with E-state index in [-0.39, 0.29) is 5.92 Å². The van der Waals surface area contributed by atoms with E-state index in [0.717, 1.165) is 35.0 Å².